The van der Waals surface area contributed by atoms with Gasteiger partial charge in [0.2, 0.25) is 20.0 Å². The van der Waals surface area contributed by atoms with Crippen LogP contribution in [0.15, 0.2) is 0 Å². The van der Waals surface area contributed by atoms with Gasteiger partial charge in [0.05, 0.1) is 12.7 Å². The Morgan fingerprint density at radius 1 is 1.33 bits per heavy atom. The van der Waals surface area contributed by atoms with Crippen LogP contribution in [0.25, 0.3) is 0 Å². The maximum absolute atomic E-state index is 11.3. The highest BCUT2D eigenvalue weighted by Crippen LogP contribution is 2.04. The molecule has 0 spiro atoms. The smallest absolute Gasteiger partial charge is 0.227 e. The fourth-order valence-corrected chi connectivity index (χ4v) is 4.14. The second-order valence-corrected chi connectivity index (χ2v) is 7.92. The lowest BCUT2D eigenvalue weighted by Gasteiger charge is -2.23. The van der Waals surface area contributed by atoms with Gasteiger partial charge in [0, 0.05) is 19.6 Å². The molecule has 1 fully saturated rings. The first-order valence-electron chi connectivity index (χ1n) is 5.59. The van der Waals surface area contributed by atoms with Crippen molar-refractivity contribution in [2.75, 3.05) is 31.3 Å². The maximum Gasteiger partial charge on any atom is 0.227 e. The summed E-state index contributed by atoms with van der Waals surface area (Å²) in [5.74, 6) is 0. The second-order valence-electron chi connectivity index (χ2n) is 4.13. The van der Waals surface area contributed by atoms with Crippen LogP contribution in [-0.2, 0) is 24.8 Å². The molecule has 0 bridgehead atoms. The van der Waals surface area contributed by atoms with Crippen LogP contribution >= 0.6 is 0 Å². The monoisotopic (exact) mass is 301 g/mol. The van der Waals surface area contributed by atoms with Gasteiger partial charge in [-0.2, -0.15) is 0 Å². The van der Waals surface area contributed by atoms with Crippen molar-refractivity contribution in [1.29, 1.82) is 0 Å². The van der Waals surface area contributed by atoms with Crippen molar-refractivity contribution in [1.82, 2.24) is 10.0 Å². The van der Waals surface area contributed by atoms with Gasteiger partial charge in [0.15, 0.2) is 5.08 Å². The summed E-state index contributed by atoms with van der Waals surface area (Å²) >= 11 is 0. The number of nitrogens with one attached hydrogen (secondary N) is 2. The second kappa shape index (κ2) is 6.78. The number of primary sulfonamides is 1. The van der Waals surface area contributed by atoms with E-state index in [0.717, 1.165) is 13.1 Å². The van der Waals surface area contributed by atoms with Crippen LogP contribution in [-0.4, -0.2) is 54.3 Å². The summed E-state index contributed by atoms with van der Waals surface area (Å²) in [6.45, 7) is 2.42. The van der Waals surface area contributed by atoms with Crippen molar-refractivity contribution in [3.8, 4) is 0 Å². The largest absolute Gasteiger partial charge is 0.376 e. The van der Waals surface area contributed by atoms with Crippen molar-refractivity contribution in [2.24, 2.45) is 5.14 Å². The average Bonchev–Trinajstić information content (AvgIpc) is 2.23. The summed E-state index contributed by atoms with van der Waals surface area (Å²) in [6.07, 6.45) is 1.38. The SMILES string of the molecule is NS(=O)(=O)CS(=O)(=O)NCCCC1CNCCO1. The number of rotatable bonds is 7. The molecule has 0 amide bonds. The molecule has 0 aliphatic carbocycles. The Bertz CT molecular complexity index is 441. The minimum atomic E-state index is -4.02. The van der Waals surface area contributed by atoms with Crippen LogP contribution in [0.3, 0.4) is 0 Å². The first-order chi connectivity index (χ1) is 8.29. The summed E-state index contributed by atoms with van der Waals surface area (Å²) in [6, 6.07) is 0. The van der Waals surface area contributed by atoms with E-state index < -0.39 is 25.1 Å². The molecule has 0 aromatic rings. The maximum atomic E-state index is 11.3. The van der Waals surface area contributed by atoms with Crippen molar-refractivity contribution in [2.45, 2.75) is 18.9 Å². The Labute approximate surface area is 107 Å². The van der Waals surface area contributed by atoms with Gasteiger partial charge in [-0.05, 0) is 12.8 Å². The molecule has 18 heavy (non-hydrogen) atoms. The Morgan fingerprint density at radius 2 is 2.06 bits per heavy atom. The van der Waals surface area contributed by atoms with Crippen LogP contribution in [0.2, 0.25) is 0 Å². The standard InChI is InChI=1S/C8H19N3O5S2/c9-17(12,13)7-18(14,15)11-3-1-2-8-6-10-4-5-16-8/h8,10-11H,1-7H2,(H2,9,12,13). The number of nitrogens with two attached hydrogens (primary N) is 1. The third-order valence-corrected chi connectivity index (χ3v) is 5.55. The van der Waals surface area contributed by atoms with E-state index in [0.29, 0.717) is 19.4 Å². The zero-order valence-electron chi connectivity index (χ0n) is 9.96. The van der Waals surface area contributed by atoms with Crippen LogP contribution in [0.4, 0.5) is 0 Å². The molecular weight excluding hydrogens is 282 g/mol. The van der Waals surface area contributed by atoms with Gasteiger partial charge in [0.1, 0.15) is 0 Å². The molecule has 1 aliphatic rings. The van der Waals surface area contributed by atoms with Gasteiger partial charge in [0.25, 0.3) is 0 Å². The summed E-state index contributed by atoms with van der Waals surface area (Å²) in [7, 11) is -7.89. The highest BCUT2D eigenvalue weighted by molar-refractivity contribution is 8.06. The molecule has 0 radical (unpaired) electrons. The van der Waals surface area contributed by atoms with E-state index in [2.05, 4.69) is 15.2 Å². The number of hydrogen-bond donors (Lipinski definition) is 3. The lowest BCUT2D eigenvalue weighted by atomic mass is 10.2. The minimum Gasteiger partial charge on any atom is -0.376 e. The van der Waals surface area contributed by atoms with Crippen molar-refractivity contribution >= 4 is 20.0 Å². The molecule has 10 heteroatoms. The molecule has 4 N–H and O–H groups in total. The van der Waals surface area contributed by atoms with Gasteiger partial charge < -0.3 is 10.1 Å². The van der Waals surface area contributed by atoms with Crippen molar-refractivity contribution in [3.05, 3.63) is 0 Å². The van der Waals surface area contributed by atoms with Crippen molar-refractivity contribution in [3.63, 3.8) is 0 Å². The normalized spacial score (nSPS) is 21.9. The topological polar surface area (TPSA) is 128 Å². The van der Waals surface area contributed by atoms with E-state index in [1.807, 2.05) is 0 Å². The first-order valence-corrected chi connectivity index (χ1v) is 8.95. The van der Waals surface area contributed by atoms with Crippen LogP contribution in [0.5, 0.6) is 0 Å². The number of hydrogen-bond acceptors (Lipinski definition) is 6. The van der Waals surface area contributed by atoms with Gasteiger partial charge in [-0.25, -0.2) is 26.7 Å². The molecule has 0 aromatic carbocycles. The Morgan fingerprint density at radius 3 is 2.61 bits per heavy atom. The highest BCUT2D eigenvalue weighted by Gasteiger charge is 2.18. The van der Waals surface area contributed by atoms with E-state index in [1.54, 1.807) is 0 Å². The van der Waals surface area contributed by atoms with Crippen molar-refractivity contribution < 1.29 is 21.6 Å². The predicted octanol–water partition coefficient (Wildman–Crippen LogP) is -2.08. The molecule has 8 nitrogen and oxygen atoms in total. The van der Waals surface area contributed by atoms with Gasteiger partial charge >= 0.3 is 0 Å². The fourth-order valence-electron chi connectivity index (χ4n) is 1.62. The Hall–Kier alpha value is -0.260. The molecular formula is C8H19N3O5S2. The molecule has 1 aliphatic heterocycles. The Kier molecular flexibility index (Phi) is 5.95. The molecule has 1 rings (SSSR count). The van der Waals surface area contributed by atoms with Gasteiger partial charge in [-0.1, -0.05) is 0 Å². The van der Waals surface area contributed by atoms with E-state index in [4.69, 9.17) is 4.74 Å². The zero-order chi connectivity index (χ0) is 13.6. The molecule has 0 saturated carbocycles. The molecule has 0 aromatic heterocycles. The summed E-state index contributed by atoms with van der Waals surface area (Å²) in [5.41, 5.74) is 0. The molecule has 1 atom stereocenters. The predicted molar refractivity (Wildman–Crippen MR) is 66.7 cm³/mol. The van der Waals surface area contributed by atoms with Crippen LogP contribution in [0, 0.1) is 0 Å². The molecule has 108 valence electrons. The zero-order valence-corrected chi connectivity index (χ0v) is 11.6. The fraction of sp³-hybridized carbons (Fsp3) is 1.00. The minimum absolute atomic E-state index is 0.0847. The molecule has 1 heterocycles. The quantitative estimate of drug-likeness (QED) is 0.463. The van der Waals surface area contributed by atoms with E-state index >= 15 is 0 Å². The third kappa shape index (κ3) is 7.24. The number of ether oxygens (including phenoxy) is 1. The van der Waals surface area contributed by atoms with Gasteiger partial charge in [-0.15, -0.1) is 0 Å². The number of sulfonamides is 2. The summed E-state index contributed by atoms with van der Waals surface area (Å²) in [5, 5.41) is 6.75. The van der Waals surface area contributed by atoms with Crippen LogP contribution in [0.1, 0.15) is 12.8 Å². The molecule has 1 unspecified atom stereocenters. The summed E-state index contributed by atoms with van der Waals surface area (Å²) in [4.78, 5) is 0. The Balaban J connectivity index is 2.20. The molecule has 1 saturated heterocycles. The van der Waals surface area contributed by atoms with E-state index in [9.17, 15) is 16.8 Å². The van der Waals surface area contributed by atoms with Crippen LogP contribution < -0.4 is 15.2 Å². The van der Waals surface area contributed by atoms with Gasteiger partial charge in [-0.3, -0.25) is 0 Å². The summed E-state index contributed by atoms with van der Waals surface area (Å²) < 4.78 is 51.5. The van der Waals surface area contributed by atoms with E-state index in [-0.39, 0.29) is 12.6 Å². The van der Waals surface area contributed by atoms with E-state index in [1.165, 1.54) is 0 Å². The lowest BCUT2D eigenvalue weighted by molar-refractivity contribution is 0.0227. The third-order valence-electron chi connectivity index (χ3n) is 2.35. The first kappa shape index (κ1) is 15.8. The number of morpholine rings is 1. The highest BCUT2D eigenvalue weighted by atomic mass is 32.3. The average molecular weight is 301 g/mol. The lowest BCUT2D eigenvalue weighted by Crippen LogP contribution is -2.39.